The molecule has 7 heteroatoms. The average molecular weight is 386 g/mol. The molecule has 0 saturated carbocycles. The van der Waals surface area contributed by atoms with Crippen LogP contribution in [-0.2, 0) is 27.4 Å². The zero-order valence-corrected chi connectivity index (χ0v) is 16.1. The summed E-state index contributed by atoms with van der Waals surface area (Å²) < 4.78 is 15.1. The molecule has 0 bridgehead atoms. The first-order valence-electron chi connectivity index (χ1n) is 9.01. The summed E-state index contributed by atoms with van der Waals surface area (Å²) in [6.07, 6.45) is -0.147. The highest BCUT2D eigenvalue weighted by Crippen LogP contribution is 2.11. The second-order valence-electron chi connectivity index (χ2n) is 6.08. The molecule has 2 N–H and O–H groups in total. The lowest BCUT2D eigenvalue weighted by molar-refractivity contribution is -0.143. The maximum absolute atomic E-state index is 12.0. The summed E-state index contributed by atoms with van der Waals surface area (Å²) in [6, 6.07) is 16.4. The topological polar surface area (TPSA) is 85.9 Å². The Bertz CT molecular complexity index is 734. The van der Waals surface area contributed by atoms with Gasteiger partial charge in [-0.3, -0.25) is 4.79 Å². The van der Waals surface area contributed by atoms with Crippen molar-refractivity contribution in [3.8, 4) is 5.75 Å². The van der Waals surface area contributed by atoms with Gasteiger partial charge in [0, 0.05) is 13.1 Å². The summed E-state index contributed by atoms with van der Waals surface area (Å²) in [5, 5.41) is 5.80. The van der Waals surface area contributed by atoms with Crippen LogP contribution in [-0.4, -0.2) is 38.9 Å². The van der Waals surface area contributed by atoms with Gasteiger partial charge < -0.3 is 24.8 Å². The van der Waals surface area contributed by atoms with Crippen molar-refractivity contribution < 1.29 is 23.8 Å². The van der Waals surface area contributed by atoms with Gasteiger partial charge in [-0.15, -0.1) is 0 Å². The Morgan fingerprint density at radius 1 is 0.964 bits per heavy atom. The lowest BCUT2D eigenvalue weighted by Crippen LogP contribution is -2.40. The third-order valence-electron chi connectivity index (χ3n) is 4.11. The van der Waals surface area contributed by atoms with Crippen LogP contribution >= 0.6 is 0 Å². The van der Waals surface area contributed by atoms with Crippen molar-refractivity contribution in [2.45, 2.75) is 25.6 Å². The van der Waals surface area contributed by atoms with Gasteiger partial charge in [0.15, 0.2) is 0 Å². The molecule has 1 amide bonds. The van der Waals surface area contributed by atoms with Crippen molar-refractivity contribution >= 4 is 12.1 Å². The SMILES string of the molecule is COC(=O)[C@H](CCNC(=O)OCc1ccccc1)NCc1ccc(OC)cc1. The molecule has 2 aromatic rings. The van der Waals surface area contributed by atoms with Crippen molar-refractivity contribution in [1.29, 1.82) is 0 Å². The quantitative estimate of drug-likeness (QED) is 0.611. The second-order valence-corrected chi connectivity index (χ2v) is 6.08. The van der Waals surface area contributed by atoms with Crippen LogP contribution in [0.1, 0.15) is 17.5 Å². The minimum atomic E-state index is -0.540. The van der Waals surface area contributed by atoms with Gasteiger partial charge in [0.1, 0.15) is 18.4 Å². The Balaban J connectivity index is 1.74. The van der Waals surface area contributed by atoms with E-state index in [2.05, 4.69) is 10.6 Å². The van der Waals surface area contributed by atoms with Gasteiger partial charge in [0.25, 0.3) is 0 Å². The van der Waals surface area contributed by atoms with Crippen molar-refractivity contribution in [2.24, 2.45) is 0 Å². The fourth-order valence-corrected chi connectivity index (χ4v) is 2.52. The Kier molecular flexibility index (Phi) is 8.81. The third-order valence-corrected chi connectivity index (χ3v) is 4.11. The largest absolute Gasteiger partial charge is 0.497 e. The van der Waals surface area contributed by atoms with Crippen LogP contribution in [0.5, 0.6) is 5.75 Å². The molecule has 0 radical (unpaired) electrons. The molecule has 0 aliphatic carbocycles. The molecule has 0 aliphatic heterocycles. The highest BCUT2D eigenvalue weighted by molar-refractivity contribution is 5.75. The summed E-state index contributed by atoms with van der Waals surface area (Å²) in [7, 11) is 2.95. The van der Waals surface area contributed by atoms with Gasteiger partial charge in [0.2, 0.25) is 0 Å². The third kappa shape index (κ3) is 7.28. The number of amides is 1. The van der Waals surface area contributed by atoms with Crippen LogP contribution in [0.25, 0.3) is 0 Å². The van der Waals surface area contributed by atoms with E-state index in [0.29, 0.717) is 13.0 Å². The molecule has 150 valence electrons. The molecule has 0 unspecified atom stereocenters. The number of hydrogen-bond donors (Lipinski definition) is 2. The highest BCUT2D eigenvalue weighted by atomic mass is 16.5. The van der Waals surface area contributed by atoms with E-state index in [0.717, 1.165) is 16.9 Å². The van der Waals surface area contributed by atoms with E-state index >= 15 is 0 Å². The predicted molar refractivity (Wildman–Crippen MR) is 105 cm³/mol. The molecular weight excluding hydrogens is 360 g/mol. The predicted octanol–water partition coefficient (Wildman–Crippen LogP) is 2.64. The second kappa shape index (κ2) is 11.6. The number of carbonyl (C=O) groups is 2. The van der Waals surface area contributed by atoms with E-state index < -0.39 is 12.1 Å². The van der Waals surface area contributed by atoms with Gasteiger partial charge in [0.05, 0.1) is 14.2 Å². The maximum atomic E-state index is 12.0. The molecule has 28 heavy (non-hydrogen) atoms. The first kappa shape index (κ1) is 21.2. The lowest BCUT2D eigenvalue weighted by Gasteiger charge is -2.17. The maximum Gasteiger partial charge on any atom is 0.407 e. The van der Waals surface area contributed by atoms with Crippen molar-refractivity contribution in [2.75, 3.05) is 20.8 Å². The molecule has 0 spiro atoms. The van der Waals surface area contributed by atoms with Crippen molar-refractivity contribution in [3.63, 3.8) is 0 Å². The summed E-state index contributed by atoms with van der Waals surface area (Å²) in [4.78, 5) is 23.8. The summed E-state index contributed by atoms with van der Waals surface area (Å²) in [6.45, 7) is 0.966. The minimum Gasteiger partial charge on any atom is -0.497 e. The normalized spacial score (nSPS) is 11.4. The zero-order chi connectivity index (χ0) is 20.2. The van der Waals surface area contributed by atoms with E-state index in [4.69, 9.17) is 14.2 Å². The summed E-state index contributed by atoms with van der Waals surface area (Å²) in [5.74, 6) is 0.388. The van der Waals surface area contributed by atoms with E-state index in [1.54, 1.807) is 7.11 Å². The fraction of sp³-hybridized carbons (Fsp3) is 0.333. The Morgan fingerprint density at radius 2 is 1.68 bits per heavy atom. The first-order chi connectivity index (χ1) is 13.6. The summed E-state index contributed by atoms with van der Waals surface area (Å²) in [5.41, 5.74) is 1.91. The van der Waals surface area contributed by atoms with Gasteiger partial charge in [-0.05, 0) is 29.7 Å². The number of alkyl carbamates (subject to hydrolysis) is 1. The number of esters is 1. The van der Waals surface area contributed by atoms with Crippen molar-refractivity contribution in [1.82, 2.24) is 10.6 Å². The van der Waals surface area contributed by atoms with Crippen LogP contribution in [0.15, 0.2) is 54.6 Å². The van der Waals surface area contributed by atoms with E-state index in [9.17, 15) is 9.59 Å². The number of nitrogens with one attached hydrogen (secondary N) is 2. The van der Waals surface area contributed by atoms with E-state index in [-0.39, 0.29) is 19.1 Å². The minimum absolute atomic E-state index is 0.197. The number of rotatable bonds is 10. The zero-order valence-electron chi connectivity index (χ0n) is 16.1. The van der Waals surface area contributed by atoms with Gasteiger partial charge in [-0.1, -0.05) is 42.5 Å². The molecule has 0 aliphatic rings. The van der Waals surface area contributed by atoms with E-state index in [1.165, 1.54) is 7.11 Å². The molecule has 2 aromatic carbocycles. The fourth-order valence-electron chi connectivity index (χ4n) is 2.52. The van der Waals surface area contributed by atoms with Gasteiger partial charge >= 0.3 is 12.1 Å². The highest BCUT2D eigenvalue weighted by Gasteiger charge is 2.18. The number of benzene rings is 2. The number of methoxy groups -OCH3 is 2. The Labute approximate surface area is 165 Å². The van der Waals surface area contributed by atoms with E-state index in [1.807, 2.05) is 54.6 Å². The standard InChI is InChI=1S/C21H26N2O5/c1-26-18-10-8-16(9-11-18)14-23-19(20(24)27-2)12-13-22-21(25)28-15-17-6-4-3-5-7-17/h3-11,19,23H,12-15H2,1-2H3,(H,22,25)/t19-/m0/s1. The van der Waals surface area contributed by atoms with Crippen LogP contribution in [0.2, 0.25) is 0 Å². The molecule has 0 heterocycles. The molecular formula is C21H26N2O5. The van der Waals surface area contributed by atoms with Crippen LogP contribution in [0.3, 0.4) is 0 Å². The first-order valence-corrected chi connectivity index (χ1v) is 9.01. The van der Waals surface area contributed by atoms with Crippen molar-refractivity contribution in [3.05, 3.63) is 65.7 Å². The molecule has 0 saturated heterocycles. The number of carbonyl (C=O) groups excluding carboxylic acids is 2. The average Bonchev–Trinajstić information content (AvgIpc) is 2.75. The molecule has 7 nitrogen and oxygen atoms in total. The number of hydrogen-bond acceptors (Lipinski definition) is 6. The van der Waals surface area contributed by atoms with Gasteiger partial charge in [-0.2, -0.15) is 0 Å². The molecule has 1 atom stereocenters. The molecule has 0 fully saturated rings. The monoisotopic (exact) mass is 386 g/mol. The summed E-state index contributed by atoms with van der Waals surface area (Å²) >= 11 is 0. The smallest absolute Gasteiger partial charge is 0.407 e. The Morgan fingerprint density at radius 3 is 2.32 bits per heavy atom. The lowest BCUT2D eigenvalue weighted by atomic mass is 10.1. The van der Waals surface area contributed by atoms with Gasteiger partial charge in [-0.25, -0.2) is 4.79 Å². The van der Waals surface area contributed by atoms with Crippen LogP contribution < -0.4 is 15.4 Å². The Hall–Kier alpha value is -3.06. The molecule has 0 aromatic heterocycles. The number of ether oxygens (including phenoxy) is 3. The molecule has 2 rings (SSSR count). The van der Waals surface area contributed by atoms with Crippen LogP contribution in [0.4, 0.5) is 4.79 Å². The van der Waals surface area contributed by atoms with Crippen LogP contribution in [0, 0.1) is 0 Å².